The van der Waals surface area contributed by atoms with Gasteiger partial charge in [0.2, 0.25) is 0 Å². The van der Waals surface area contributed by atoms with Crippen LogP contribution < -0.4 is 24.3 Å². The van der Waals surface area contributed by atoms with Gasteiger partial charge in [0.05, 0.1) is 37.6 Å². The van der Waals surface area contributed by atoms with Gasteiger partial charge in [0.15, 0.2) is 23.0 Å². The number of carbonyl (C=O) groups excluding carboxylic acids is 1. The Morgan fingerprint density at radius 1 is 0.971 bits per heavy atom. The van der Waals surface area contributed by atoms with Gasteiger partial charge in [0.1, 0.15) is 12.4 Å². The number of hydrogen-bond acceptors (Lipinski definition) is 7. The van der Waals surface area contributed by atoms with E-state index in [1.54, 1.807) is 18.2 Å². The molecule has 0 radical (unpaired) electrons. The van der Waals surface area contributed by atoms with Crippen LogP contribution in [0.3, 0.4) is 0 Å². The smallest absolute Gasteiger partial charge is 0.251 e. The third-order valence-corrected chi connectivity index (χ3v) is 5.39. The SMILES string of the molecule is CCOc1ccc(C(C)NC(=O)c2ccc(OCc3c(C)noc3C)c(OC)c2)cc1OCC. The Balaban J connectivity index is 1.71. The second-order valence-electron chi connectivity index (χ2n) is 7.72. The summed E-state index contributed by atoms with van der Waals surface area (Å²) in [7, 11) is 1.54. The van der Waals surface area contributed by atoms with E-state index in [-0.39, 0.29) is 11.9 Å². The summed E-state index contributed by atoms with van der Waals surface area (Å²) in [6.07, 6.45) is 0. The minimum Gasteiger partial charge on any atom is -0.493 e. The highest BCUT2D eigenvalue weighted by Crippen LogP contribution is 2.32. The molecule has 8 nitrogen and oxygen atoms in total. The number of amides is 1. The summed E-state index contributed by atoms with van der Waals surface area (Å²) in [5.74, 6) is 2.82. The highest BCUT2D eigenvalue weighted by molar-refractivity contribution is 5.95. The quantitative estimate of drug-likeness (QED) is 0.415. The number of nitrogens with zero attached hydrogens (tertiary/aromatic N) is 1. The highest BCUT2D eigenvalue weighted by atomic mass is 16.5. The maximum atomic E-state index is 12.9. The van der Waals surface area contributed by atoms with Gasteiger partial charge in [-0.05, 0) is 70.5 Å². The lowest BCUT2D eigenvalue weighted by Gasteiger charge is -2.18. The third-order valence-electron chi connectivity index (χ3n) is 5.39. The summed E-state index contributed by atoms with van der Waals surface area (Å²) in [6.45, 7) is 10.8. The molecule has 1 N–H and O–H groups in total. The molecule has 0 spiro atoms. The lowest BCUT2D eigenvalue weighted by Crippen LogP contribution is -2.26. The first kappa shape index (κ1) is 25.0. The Labute approximate surface area is 200 Å². The highest BCUT2D eigenvalue weighted by Gasteiger charge is 2.17. The van der Waals surface area contributed by atoms with Crippen molar-refractivity contribution in [3.05, 3.63) is 64.5 Å². The van der Waals surface area contributed by atoms with E-state index in [9.17, 15) is 4.79 Å². The summed E-state index contributed by atoms with van der Waals surface area (Å²) in [5.41, 5.74) is 3.04. The number of aryl methyl sites for hydroxylation is 2. The molecule has 1 atom stereocenters. The molecule has 1 unspecified atom stereocenters. The Morgan fingerprint density at radius 2 is 1.65 bits per heavy atom. The second kappa shape index (κ2) is 11.4. The minimum absolute atomic E-state index is 0.227. The molecule has 0 aliphatic carbocycles. The molecular formula is C26H32N2O6. The fraction of sp³-hybridized carbons (Fsp3) is 0.385. The molecule has 1 aromatic heterocycles. The van der Waals surface area contributed by atoms with E-state index in [1.165, 1.54) is 7.11 Å². The van der Waals surface area contributed by atoms with Crippen LogP contribution in [0.1, 0.15) is 59.8 Å². The number of ether oxygens (including phenoxy) is 4. The average Bonchev–Trinajstić information content (AvgIpc) is 3.15. The van der Waals surface area contributed by atoms with Crippen molar-refractivity contribution in [2.24, 2.45) is 0 Å². The normalized spacial score (nSPS) is 11.6. The molecule has 182 valence electrons. The van der Waals surface area contributed by atoms with Crippen molar-refractivity contribution in [1.82, 2.24) is 10.5 Å². The van der Waals surface area contributed by atoms with Crippen LogP contribution in [0.15, 0.2) is 40.9 Å². The van der Waals surface area contributed by atoms with Crippen molar-refractivity contribution < 1.29 is 28.3 Å². The molecule has 8 heteroatoms. The van der Waals surface area contributed by atoms with Crippen molar-refractivity contribution in [1.29, 1.82) is 0 Å². The van der Waals surface area contributed by atoms with Crippen molar-refractivity contribution in [3.63, 3.8) is 0 Å². The molecule has 3 aromatic rings. The Hall–Kier alpha value is -3.68. The van der Waals surface area contributed by atoms with Crippen LogP contribution in [0.5, 0.6) is 23.0 Å². The predicted octanol–water partition coefficient (Wildman–Crippen LogP) is 5.17. The van der Waals surface area contributed by atoms with Gasteiger partial charge in [-0.2, -0.15) is 0 Å². The number of aromatic nitrogens is 1. The topological polar surface area (TPSA) is 92.1 Å². The van der Waals surface area contributed by atoms with Crippen LogP contribution in [0.2, 0.25) is 0 Å². The van der Waals surface area contributed by atoms with Gasteiger partial charge in [-0.25, -0.2) is 0 Å². The van der Waals surface area contributed by atoms with Crippen molar-refractivity contribution in [3.8, 4) is 23.0 Å². The zero-order valence-corrected chi connectivity index (χ0v) is 20.6. The van der Waals surface area contributed by atoms with Crippen molar-refractivity contribution >= 4 is 5.91 Å². The summed E-state index contributed by atoms with van der Waals surface area (Å²) in [6, 6.07) is 10.5. The zero-order chi connectivity index (χ0) is 24.7. The fourth-order valence-electron chi connectivity index (χ4n) is 3.49. The first-order valence-electron chi connectivity index (χ1n) is 11.3. The van der Waals surface area contributed by atoms with Crippen LogP contribution in [0.25, 0.3) is 0 Å². The molecule has 0 saturated heterocycles. The van der Waals surface area contributed by atoms with E-state index in [0.29, 0.717) is 54.1 Å². The second-order valence-corrected chi connectivity index (χ2v) is 7.72. The Bertz CT molecular complexity index is 1100. The largest absolute Gasteiger partial charge is 0.493 e. The number of hydrogen-bond donors (Lipinski definition) is 1. The monoisotopic (exact) mass is 468 g/mol. The Morgan fingerprint density at radius 3 is 2.29 bits per heavy atom. The third kappa shape index (κ3) is 5.81. The van der Waals surface area contributed by atoms with Crippen LogP contribution in [0, 0.1) is 13.8 Å². The number of methoxy groups -OCH3 is 1. The summed E-state index contributed by atoms with van der Waals surface area (Å²) in [4.78, 5) is 12.9. The summed E-state index contributed by atoms with van der Waals surface area (Å²) in [5, 5.41) is 6.96. The maximum absolute atomic E-state index is 12.9. The number of carbonyl (C=O) groups is 1. The molecule has 0 bridgehead atoms. The molecular weight excluding hydrogens is 436 g/mol. The van der Waals surface area contributed by atoms with Crippen LogP contribution in [-0.4, -0.2) is 31.4 Å². The van der Waals surface area contributed by atoms with Crippen molar-refractivity contribution in [2.45, 2.75) is 47.3 Å². The molecule has 1 heterocycles. The van der Waals surface area contributed by atoms with Gasteiger partial charge in [-0.3, -0.25) is 4.79 Å². The molecule has 0 fully saturated rings. The fourth-order valence-corrected chi connectivity index (χ4v) is 3.49. The summed E-state index contributed by atoms with van der Waals surface area (Å²) < 4.78 is 27.9. The van der Waals surface area contributed by atoms with Crippen LogP contribution in [0.4, 0.5) is 0 Å². The van der Waals surface area contributed by atoms with E-state index in [2.05, 4.69) is 10.5 Å². The number of nitrogens with one attached hydrogen (secondary N) is 1. The van der Waals surface area contributed by atoms with Crippen LogP contribution in [-0.2, 0) is 6.61 Å². The summed E-state index contributed by atoms with van der Waals surface area (Å²) >= 11 is 0. The van der Waals surface area contributed by atoms with E-state index in [0.717, 1.165) is 16.8 Å². The van der Waals surface area contributed by atoms with Gasteiger partial charge in [-0.15, -0.1) is 0 Å². The average molecular weight is 469 g/mol. The molecule has 0 saturated carbocycles. The minimum atomic E-state index is -0.246. The van der Waals surface area contributed by atoms with Crippen LogP contribution >= 0.6 is 0 Å². The molecule has 3 rings (SSSR count). The van der Waals surface area contributed by atoms with Gasteiger partial charge >= 0.3 is 0 Å². The first-order chi connectivity index (χ1) is 16.4. The Kier molecular flexibility index (Phi) is 8.40. The standard InChI is InChI=1S/C26H32N2O6/c1-7-31-23-11-9-19(13-25(23)32-8-2)16(3)27-26(29)20-10-12-22(24(14-20)30-6)33-15-21-17(4)28-34-18(21)5/h9-14,16H,7-8,15H2,1-6H3,(H,27,29). The van der Waals surface area contributed by atoms with Gasteiger partial charge in [0.25, 0.3) is 5.91 Å². The van der Waals surface area contributed by atoms with E-state index < -0.39 is 0 Å². The zero-order valence-electron chi connectivity index (χ0n) is 20.6. The van der Waals surface area contributed by atoms with E-state index >= 15 is 0 Å². The van der Waals surface area contributed by atoms with Gasteiger partial charge in [-0.1, -0.05) is 11.2 Å². The number of rotatable bonds is 11. The molecule has 2 aromatic carbocycles. The lowest BCUT2D eigenvalue weighted by molar-refractivity contribution is 0.0939. The molecule has 34 heavy (non-hydrogen) atoms. The molecule has 0 aliphatic rings. The maximum Gasteiger partial charge on any atom is 0.251 e. The molecule has 1 amide bonds. The van der Waals surface area contributed by atoms with Gasteiger partial charge in [0, 0.05) is 5.56 Å². The number of benzene rings is 2. The predicted molar refractivity (Wildman–Crippen MR) is 128 cm³/mol. The van der Waals surface area contributed by atoms with E-state index in [1.807, 2.05) is 52.8 Å². The molecule has 0 aliphatic heterocycles. The first-order valence-corrected chi connectivity index (χ1v) is 11.3. The lowest BCUT2D eigenvalue weighted by atomic mass is 10.1. The van der Waals surface area contributed by atoms with Gasteiger partial charge < -0.3 is 28.8 Å². The van der Waals surface area contributed by atoms with E-state index in [4.69, 9.17) is 23.5 Å². The van der Waals surface area contributed by atoms with Crippen molar-refractivity contribution in [2.75, 3.05) is 20.3 Å².